The Balaban J connectivity index is 1.39. The minimum atomic E-state index is -0.790. The maximum atomic E-state index is 13.8. The molecule has 1 aliphatic rings. The van der Waals surface area contributed by atoms with Gasteiger partial charge in [-0.1, -0.05) is 81.4 Å². The van der Waals surface area contributed by atoms with Gasteiger partial charge in [0.25, 0.3) is 0 Å². The van der Waals surface area contributed by atoms with Gasteiger partial charge in [0.15, 0.2) is 0 Å². The van der Waals surface area contributed by atoms with Crippen LogP contribution in [0.5, 0.6) is 0 Å². The molecule has 3 amide bonds. The molecule has 2 atom stereocenters. The average molecular weight is 561 g/mol. The summed E-state index contributed by atoms with van der Waals surface area (Å²) in [4.78, 5) is 41.5. The zero-order chi connectivity index (χ0) is 29.4. The number of likely N-dealkylation sites (tertiary alicyclic amines) is 1. The van der Waals surface area contributed by atoms with Crippen LogP contribution in [0.15, 0.2) is 66.7 Å². The van der Waals surface area contributed by atoms with Crippen molar-refractivity contribution in [3.63, 3.8) is 0 Å². The molecular formula is C33H41FN4O3. The van der Waals surface area contributed by atoms with E-state index in [0.29, 0.717) is 51.0 Å². The van der Waals surface area contributed by atoms with Gasteiger partial charge < -0.3 is 20.9 Å². The van der Waals surface area contributed by atoms with Crippen LogP contribution in [0.4, 0.5) is 4.39 Å². The molecule has 0 bridgehead atoms. The van der Waals surface area contributed by atoms with Gasteiger partial charge >= 0.3 is 0 Å². The lowest BCUT2D eigenvalue weighted by Gasteiger charge is -2.31. The fourth-order valence-corrected chi connectivity index (χ4v) is 5.20. The molecule has 0 aliphatic carbocycles. The highest BCUT2D eigenvalue weighted by molar-refractivity contribution is 5.93. The van der Waals surface area contributed by atoms with E-state index in [2.05, 4.69) is 16.0 Å². The van der Waals surface area contributed by atoms with Crippen LogP contribution in [-0.2, 0) is 27.3 Å². The molecule has 3 aromatic rings. The van der Waals surface area contributed by atoms with Gasteiger partial charge in [0.05, 0.1) is 0 Å². The molecule has 218 valence electrons. The smallest absolute Gasteiger partial charge is 0.243 e. The third-order valence-corrected chi connectivity index (χ3v) is 7.45. The fraction of sp³-hybridized carbons (Fsp3) is 0.424. The van der Waals surface area contributed by atoms with Gasteiger partial charge in [-0.3, -0.25) is 14.4 Å². The number of carbonyl (C=O) groups excluding carboxylic acids is 3. The number of carbonyl (C=O) groups is 3. The SMILES string of the molecule is CC(C)(C)C(=O)N1CCCC1C(=O)N[C@H](Cc1ccc2ccccc2c1)C(=O)NCCCNCc1ccccc1F. The highest BCUT2D eigenvalue weighted by Crippen LogP contribution is 2.26. The Morgan fingerprint density at radius 1 is 0.976 bits per heavy atom. The first-order chi connectivity index (χ1) is 19.6. The van der Waals surface area contributed by atoms with Crippen LogP contribution >= 0.6 is 0 Å². The number of rotatable bonds is 11. The molecule has 1 heterocycles. The van der Waals surface area contributed by atoms with Crippen LogP contribution in [0.1, 0.15) is 51.2 Å². The maximum absolute atomic E-state index is 13.8. The molecular weight excluding hydrogens is 519 g/mol. The predicted molar refractivity (Wildman–Crippen MR) is 160 cm³/mol. The van der Waals surface area contributed by atoms with Crippen molar-refractivity contribution in [2.75, 3.05) is 19.6 Å². The maximum Gasteiger partial charge on any atom is 0.243 e. The van der Waals surface area contributed by atoms with Crippen molar-refractivity contribution >= 4 is 28.5 Å². The summed E-state index contributed by atoms with van der Waals surface area (Å²) in [6.45, 7) is 7.51. The quantitative estimate of drug-likeness (QED) is 0.305. The van der Waals surface area contributed by atoms with Crippen LogP contribution in [0.25, 0.3) is 10.8 Å². The van der Waals surface area contributed by atoms with Crippen molar-refractivity contribution in [2.45, 2.75) is 65.1 Å². The molecule has 3 N–H and O–H groups in total. The Bertz CT molecular complexity index is 1370. The van der Waals surface area contributed by atoms with Crippen molar-refractivity contribution in [1.82, 2.24) is 20.9 Å². The minimum Gasteiger partial charge on any atom is -0.354 e. The minimum absolute atomic E-state index is 0.0615. The second kappa shape index (κ2) is 13.7. The Morgan fingerprint density at radius 3 is 2.46 bits per heavy atom. The van der Waals surface area contributed by atoms with Gasteiger partial charge in [-0.2, -0.15) is 0 Å². The highest BCUT2D eigenvalue weighted by Gasteiger charge is 2.39. The zero-order valence-electron chi connectivity index (χ0n) is 24.2. The average Bonchev–Trinajstić information content (AvgIpc) is 3.44. The fourth-order valence-electron chi connectivity index (χ4n) is 5.20. The number of halogens is 1. The number of hydrogen-bond donors (Lipinski definition) is 3. The van der Waals surface area contributed by atoms with E-state index >= 15 is 0 Å². The molecule has 1 aliphatic heterocycles. The molecule has 1 fully saturated rings. The predicted octanol–water partition coefficient (Wildman–Crippen LogP) is 4.34. The lowest BCUT2D eigenvalue weighted by molar-refractivity contribution is -0.145. The zero-order valence-corrected chi connectivity index (χ0v) is 24.2. The van der Waals surface area contributed by atoms with Gasteiger partial charge in [0.1, 0.15) is 17.9 Å². The van der Waals surface area contributed by atoms with E-state index in [4.69, 9.17) is 0 Å². The van der Waals surface area contributed by atoms with E-state index < -0.39 is 17.5 Å². The topological polar surface area (TPSA) is 90.5 Å². The molecule has 4 rings (SSSR count). The Kier molecular flexibility index (Phi) is 10.1. The molecule has 0 saturated carbocycles. The largest absolute Gasteiger partial charge is 0.354 e. The number of hydrogen-bond acceptors (Lipinski definition) is 4. The van der Waals surface area contributed by atoms with Crippen LogP contribution in [0, 0.1) is 11.2 Å². The Morgan fingerprint density at radius 2 is 1.71 bits per heavy atom. The summed E-state index contributed by atoms with van der Waals surface area (Å²) < 4.78 is 13.8. The Hall–Kier alpha value is -3.78. The molecule has 41 heavy (non-hydrogen) atoms. The van der Waals surface area contributed by atoms with Gasteiger partial charge in [-0.25, -0.2) is 4.39 Å². The molecule has 8 heteroatoms. The van der Waals surface area contributed by atoms with Crippen LogP contribution in [0.3, 0.4) is 0 Å². The molecule has 3 aromatic carbocycles. The summed E-state index contributed by atoms with van der Waals surface area (Å²) >= 11 is 0. The van der Waals surface area contributed by atoms with Crippen molar-refractivity contribution in [3.8, 4) is 0 Å². The van der Waals surface area contributed by atoms with Crippen LogP contribution in [0.2, 0.25) is 0 Å². The summed E-state index contributed by atoms with van der Waals surface area (Å²) in [5, 5.41) is 11.3. The van der Waals surface area contributed by atoms with E-state index in [1.165, 1.54) is 6.07 Å². The van der Waals surface area contributed by atoms with Gasteiger partial charge in [0, 0.05) is 37.0 Å². The first kappa shape index (κ1) is 30.2. The summed E-state index contributed by atoms with van der Waals surface area (Å²) in [5.41, 5.74) is 0.941. The van der Waals surface area contributed by atoms with Crippen molar-refractivity contribution < 1.29 is 18.8 Å². The van der Waals surface area contributed by atoms with Crippen molar-refractivity contribution in [2.24, 2.45) is 5.41 Å². The Labute approximate surface area is 241 Å². The van der Waals surface area contributed by atoms with E-state index in [0.717, 1.165) is 22.8 Å². The lowest BCUT2D eigenvalue weighted by Crippen LogP contribution is -2.55. The molecule has 7 nitrogen and oxygen atoms in total. The second-order valence-corrected chi connectivity index (χ2v) is 11.8. The standard InChI is InChI=1S/C33H41FN4O3/c1-33(2,3)32(41)38-19-8-14-29(38)31(40)37-28(21-23-15-16-24-10-4-5-11-25(24)20-23)30(39)36-18-9-17-35-22-26-12-6-7-13-27(26)34/h4-7,10-13,15-16,20,28-29,35H,8-9,14,17-19,21-22H2,1-3H3,(H,36,39)(H,37,40)/t28-,29?/m1/s1. The summed E-state index contributed by atoms with van der Waals surface area (Å²) in [5.74, 6) is -0.876. The van der Waals surface area contributed by atoms with Crippen molar-refractivity contribution in [1.29, 1.82) is 0 Å². The number of fused-ring (bicyclic) bond motifs is 1. The molecule has 0 aromatic heterocycles. The van der Waals surface area contributed by atoms with Gasteiger partial charge in [0.2, 0.25) is 17.7 Å². The first-order valence-corrected chi connectivity index (χ1v) is 14.4. The molecule has 0 spiro atoms. The lowest BCUT2D eigenvalue weighted by atomic mass is 9.94. The first-order valence-electron chi connectivity index (χ1n) is 14.4. The summed E-state index contributed by atoms with van der Waals surface area (Å²) in [7, 11) is 0. The van der Waals surface area contributed by atoms with Crippen LogP contribution < -0.4 is 16.0 Å². The van der Waals surface area contributed by atoms with E-state index in [1.807, 2.05) is 63.2 Å². The van der Waals surface area contributed by atoms with Crippen molar-refractivity contribution in [3.05, 3.63) is 83.7 Å². The highest BCUT2D eigenvalue weighted by atomic mass is 19.1. The number of nitrogens with zero attached hydrogens (tertiary/aromatic N) is 1. The summed E-state index contributed by atoms with van der Waals surface area (Å²) in [6, 6.07) is 19.3. The second-order valence-electron chi connectivity index (χ2n) is 11.8. The number of amides is 3. The number of nitrogens with one attached hydrogen (secondary N) is 3. The normalized spacial score (nSPS) is 16.0. The third kappa shape index (κ3) is 8.13. The monoisotopic (exact) mass is 560 g/mol. The molecule has 1 unspecified atom stereocenters. The summed E-state index contributed by atoms with van der Waals surface area (Å²) in [6.07, 6.45) is 2.30. The van der Waals surface area contributed by atoms with E-state index in [1.54, 1.807) is 23.1 Å². The molecule has 1 saturated heterocycles. The van der Waals surface area contributed by atoms with Gasteiger partial charge in [-0.05, 0) is 48.2 Å². The number of benzene rings is 3. The van der Waals surface area contributed by atoms with Gasteiger partial charge in [-0.15, -0.1) is 0 Å². The van der Waals surface area contributed by atoms with E-state index in [-0.39, 0.29) is 23.5 Å². The van der Waals surface area contributed by atoms with Crippen LogP contribution in [-0.4, -0.2) is 54.3 Å². The molecule has 0 radical (unpaired) electrons. The van der Waals surface area contributed by atoms with E-state index in [9.17, 15) is 18.8 Å². The third-order valence-electron chi connectivity index (χ3n) is 7.45.